The first-order valence-corrected chi connectivity index (χ1v) is 5.92. The van der Waals surface area contributed by atoms with Crippen LogP contribution in [0.25, 0.3) is 11.4 Å². The molecule has 4 nitrogen and oxygen atoms in total. The minimum absolute atomic E-state index is 0.352. The van der Waals surface area contributed by atoms with Crippen molar-refractivity contribution in [3.05, 3.63) is 41.2 Å². The Hall–Kier alpha value is -2.10. The van der Waals surface area contributed by atoms with Crippen LogP contribution >= 0.6 is 0 Å². The van der Waals surface area contributed by atoms with Gasteiger partial charge in [-0.1, -0.05) is 29.8 Å². The highest BCUT2D eigenvalue weighted by Crippen LogP contribution is 2.19. The topological polar surface area (TPSA) is 55.0 Å². The highest BCUT2D eigenvalue weighted by molar-refractivity contribution is 5.89. The van der Waals surface area contributed by atoms with E-state index in [-0.39, 0.29) is 5.97 Å². The number of imidazole rings is 1. The molecule has 1 N–H and O–H groups in total. The first-order chi connectivity index (χ1) is 8.61. The van der Waals surface area contributed by atoms with Crippen LogP contribution in [0.15, 0.2) is 24.3 Å². The number of aromatic nitrogens is 2. The Morgan fingerprint density at radius 3 is 2.56 bits per heavy atom. The minimum atomic E-state index is -0.385. The lowest BCUT2D eigenvalue weighted by atomic mass is 10.1. The van der Waals surface area contributed by atoms with E-state index in [1.807, 2.05) is 38.1 Å². The zero-order valence-electron chi connectivity index (χ0n) is 10.8. The lowest BCUT2D eigenvalue weighted by Gasteiger charge is -1.98. The lowest BCUT2D eigenvalue weighted by Crippen LogP contribution is -2.06. The molecule has 0 fully saturated rings. The van der Waals surface area contributed by atoms with Gasteiger partial charge >= 0.3 is 5.97 Å². The van der Waals surface area contributed by atoms with Crippen LogP contribution in [0.3, 0.4) is 0 Å². The van der Waals surface area contributed by atoms with E-state index in [0.717, 1.165) is 11.3 Å². The number of hydrogen-bond acceptors (Lipinski definition) is 3. The highest BCUT2D eigenvalue weighted by atomic mass is 16.5. The summed E-state index contributed by atoms with van der Waals surface area (Å²) < 4.78 is 4.96. The number of carbonyl (C=O) groups excluding carboxylic acids is 1. The molecule has 1 aromatic heterocycles. The van der Waals surface area contributed by atoms with Gasteiger partial charge in [-0.05, 0) is 20.8 Å². The summed E-state index contributed by atoms with van der Waals surface area (Å²) >= 11 is 0. The number of aryl methyl sites for hydroxylation is 2. The molecule has 0 amide bonds. The number of ether oxygens (including phenoxy) is 1. The molecule has 1 heterocycles. The smallest absolute Gasteiger partial charge is 0.358 e. The molecule has 0 saturated heterocycles. The van der Waals surface area contributed by atoms with Crippen molar-refractivity contribution >= 4 is 5.97 Å². The van der Waals surface area contributed by atoms with Gasteiger partial charge in [0.15, 0.2) is 5.69 Å². The summed E-state index contributed by atoms with van der Waals surface area (Å²) in [6.45, 7) is 5.98. The second-order valence-corrected chi connectivity index (χ2v) is 4.15. The van der Waals surface area contributed by atoms with Crippen LogP contribution in [-0.2, 0) is 4.74 Å². The first kappa shape index (κ1) is 12.4. The van der Waals surface area contributed by atoms with Gasteiger partial charge in [0, 0.05) is 11.3 Å². The number of esters is 1. The van der Waals surface area contributed by atoms with Crippen molar-refractivity contribution in [3.8, 4) is 11.4 Å². The third-order valence-corrected chi connectivity index (χ3v) is 2.68. The Morgan fingerprint density at radius 1 is 1.28 bits per heavy atom. The Labute approximate surface area is 106 Å². The molecule has 94 valence electrons. The predicted octanol–water partition coefficient (Wildman–Crippen LogP) is 2.87. The average Bonchev–Trinajstić information content (AvgIpc) is 2.72. The number of aromatic amines is 1. The van der Waals surface area contributed by atoms with Gasteiger partial charge in [-0.2, -0.15) is 0 Å². The molecule has 1 aromatic carbocycles. The number of rotatable bonds is 3. The monoisotopic (exact) mass is 244 g/mol. The maximum Gasteiger partial charge on any atom is 0.358 e. The maximum absolute atomic E-state index is 11.7. The molecule has 0 radical (unpaired) electrons. The molecule has 0 unspecified atom stereocenters. The van der Waals surface area contributed by atoms with E-state index in [9.17, 15) is 4.79 Å². The third kappa shape index (κ3) is 2.42. The summed E-state index contributed by atoms with van der Waals surface area (Å²) in [5.74, 6) is 0.306. The van der Waals surface area contributed by atoms with Crippen molar-refractivity contribution in [2.75, 3.05) is 6.61 Å². The first-order valence-electron chi connectivity index (χ1n) is 5.92. The summed E-state index contributed by atoms with van der Waals surface area (Å²) in [5.41, 5.74) is 3.23. The minimum Gasteiger partial charge on any atom is -0.461 e. The SMILES string of the molecule is CCOC(=O)c1nc(-c2ccc(C)cc2)[nH]c1C. The molecule has 18 heavy (non-hydrogen) atoms. The van der Waals surface area contributed by atoms with E-state index in [4.69, 9.17) is 4.74 Å². The molecule has 0 aliphatic rings. The molecular formula is C14H16N2O2. The van der Waals surface area contributed by atoms with Gasteiger partial charge in [0.25, 0.3) is 0 Å². The van der Waals surface area contributed by atoms with Crippen LogP contribution < -0.4 is 0 Å². The Balaban J connectivity index is 2.34. The zero-order chi connectivity index (χ0) is 13.1. The van der Waals surface area contributed by atoms with Crippen molar-refractivity contribution in [2.45, 2.75) is 20.8 Å². The Kier molecular flexibility index (Phi) is 3.46. The van der Waals surface area contributed by atoms with E-state index in [0.29, 0.717) is 18.1 Å². The van der Waals surface area contributed by atoms with E-state index in [2.05, 4.69) is 9.97 Å². The Bertz CT molecular complexity index is 556. The van der Waals surface area contributed by atoms with Crippen LogP contribution in [0.4, 0.5) is 0 Å². The fourth-order valence-corrected chi connectivity index (χ4v) is 1.71. The molecule has 0 atom stereocenters. The largest absolute Gasteiger partial charge is 0.461 e. The number of benzene rings is 1. The molecule has 4 heteroatoms. The van der Waals surface area contributed by atoms with Crippen LogP contribution in [0.5, 0.6) is 0 Å². The van der Waals surface area contributed by atoms with Gasteiger partial charge < -0.3 is 9.72 Å². The second-order valence-electron chi connectivity index (χ2n) is 4.15. The molecular weight excluding hydrogens is 228 g/mol. The van der Waals surface area contributed by atoms with E-state index in [1.54, 1.807) is 6.92 Å². The fourth-order valence-electron chi connectivity index (χ4n) is 1.71. The summed E-state index contributed by atoms with van der Waals surface area (Å²) in [4.78, 5) is 19.1. The van der Waals surface area contributed by atoms with Crippen molar-refractivity contribution in [2.24, 2.45) is 0 Å². The summed E-state index contributed by atoms with van der Waals surface area (Å²) in [7, 11) is 0. The number of H-pyrrole nitrogens is 1. The zero-order valence-corrected chi connectivity index (χ0v) is 10.8. The fraction of sp³-hybridized carbons (Fsp3) is 0.286. The number of nitrogens with one attached hydrogen (secondary N) is 1. The van der Waals surface area contributed by atoms with Crippen molar-refractivity contribution in [1.29, 1.82) is 0 Å². The van der Waals surface area contributed by atoms with Crippen LogP contribution in [0.2, 0.25) is 0 Å². The highest BCUT2D eigenvalue weighted by Gasteiger charge is 2.16. The second kappa shape index (κ2) is 5.04. The Morgan fingerprint density at radius 2 is 1.94 bits per heavy atom. The van der Waals surface area contributed by atoms with Crippen molar-refractivity contribution in [1.82, 2.24) is 9.97 Å². The van der Waals surface area contributed by atoms with Gasteiger partial charge in [-0.15, -0.1) is 0 Å². The summed E-state index contributed by atoms with van der Waals surface area (Å²) in [6.07, 6.45) is 0. The third-order valence-electron chi connectivity index (χ3n) is 2.68. The van der Waals surface area contributed by atoms with Crippen molar-refractivity contribution in [3.63, 3.8) is 0 Å². The molecule has 0 saturated carbocycles. The summed E-state index contributed by atoms with van der Waals surface area (Å²) in [5, 5.41) is 0. The summed E-state index contributed by atoms with van der Waals surface area (Å²) in [6, 6.07) is 7.97. The molecule has 2 aromatic rings. The molecule has 2 rings (SSSR count). The van der Waals surface area contributed by atoms with Gasteiger partial charge in [0.05, 0.1) is 6.61 Å². The van der Waals surface area contributed by atoms with Crippen molar-refractivity contribution < 1.29 is 9.53 Å². The number of hydrogen-bond donors (Lipinski definition) is 1. The molecule has 0 spiro atoms. The van der Waals surface area contributed by atoms with Gasteiger partial charge in [-0.25, -0.2) is 9.78 Å². The maximum atomic E-state index is 11.7. The van der Waals surface area contributed by atoms with Crippen LogP contribution in [-0.4, -0.2) is 22.5 Å². The quantitative estimate of drug-likeness (QED) is 0.845. The number of nitrogens with zero attached hydrogens (tertiary/aromatic N) is 1. The van der Waals surface area contributed by atoms with Crippen LogP contribution in [0, 0.1) is 13.8 Å². The normalized spacial score (nSPS) is 10.4. The van der Waals surface area contributed by atoms with Gasteiger partial charge in [0.2, 0.25) is 0 Å². The molecule has 0 aliphatic carbocycles. The van der Waals surface area contributed by atoms with Crippen LogP contribution in [0.1, 0.15) is 28.7 Å². The molecule has 0 bridgehead atoms. The standard InChI is InChI=1S/C14H16N2O2/c1-4-18-14(17)12-10(3)15-13(16-12)11-7-5-9(2)6-8-11/h5-8H,4H2,1-3H3,(H,15,16). The number of carbonyl (C=O) groups is 1. The molecule has 0 aliphatic heterocycles. The predicted molar refractivity (Wildman–Crippen MR) is 69.5 cm³/mol. The van der Waals surface area contributed by atoms with E-state index in [1.165, 1.54) is 5.56 Å². The van der Waals surface area contributed by atoms with E-state index >= 15 is 0 Å². The average molecular weight is 244 g/mol. The van der Waals surface area contributed by atoms with E-state index < -0.39 is 0 Å². The lowest BCUT2D eigenvalue weighted by molar-refractivity contribution is 0.0519. The van der Waals surface area contributed by atoms with Gasteiger partial charge in [-0.3, -0.25) is 0 Å². The van der Waals surface area contributed by atoms with Gasteiger partial charge in [0.1, 0.15) is 5.82 Å².